The Morgan fingerprint density at radius 1 is 1.41 bits per heavy atom. The zero-order valence-electron chi connectivity index (χ0n) is 12.2. The lowest BCUT2D eigenvalue weighted by atomic mass is 10.1. The van der Waals surface area contributed by atoms with Gasteiger partial charge in [0.1, 0.15) is 5.82 Å². The molecule has 5 nitrogen and oxygen atoms in total. The van der Waals surface area contributed by atoms with E-state index in [1.807, 2.05) is 6.07 Å². The van der Waals surface area contributed by atoms with E-state index in [0.717, 1.165) is 5.69 Å². The van der Waals surface area contributed by atoms with Crippen LogP contribution in [0, 0.1) is 5.82 Å². The van der Waals surface area contributed by atoms with Crippen molar-refractivity contribution < 1.29 is 13.9 Å². The smallest absolute Gasteiger partial charge is 0.223 e. The number of aromatic nitrogens is 2. The quantitative estimate of drug-likeness (QED) is 0.941. The van der Waals surface area contributed by atoms with Gasteiger partial charge in [-0.05, 0) is 24.1 Å². The van der Waals surface area contributed by atoms with E-state index in [2.05, 4.69) is 10.2 Å². The fourth-order valence-corrected chi connectivity index (χ4v) is 2.70. The highest BCUT2D eigenvalue weighted by molar-refractivity contribution is 5.77. The molecule has 0 radical (unpaired) electrons. The third-order valence-corrected chi connectivity index (χ3v) is 3.90. The molecule has 0 saturated carbocycles. The first-order valence-electron chi connectivity index (χ1n) is 7.35. The number of rotatable bonds is 4. The molecule has 1 aromatic heterocycles. The topological polar surface area (TPSA) is 58.2 Å². The average Bonchev–Trinajstić information content (AvgIpc) is 3.08. The van der Waals surface area contributed by atoms with E-state index < -0.39 is 0 Å². The SMILES string of the molecule is O=C(CCc1ccccc1F)N1CCOCC1c1ccn[nH]1. The Balaban J connectivity index is 1.66. The summed E-state index contributed by atoms with van der Waals surface area (Å²) in [5.74, 6) is -0.256. The number of nitrogens with one attached hydrogen (secondary N) is 1. The fraction of sp³-hybridized carbons (Fsp3) is 0.375. The van der Waals surface area contributed by atoms with Gasteiger partial charge in [0.15, 0.2) is 0 Å². The summed E-state index contributed by atoms with van der Waals surface area (Å²) < 4.78 is 19.1. The monoisotopic (exact) mass is 303 g/mol. The van der Waals surface area contributed by atoms with Crippen LogP contribution in [0.2, 0.25) is 0 Å². The molecule has 2 heterocycles. The van der Waals surface area contributed by atoms with Crippen molar-refractivity contribution in [2.45, 2.75) is 18.9 Å². The predicted molar refractivity (Wildman–Crippen MR) is 78.6 cm³/mol. The van der Waals surface area contributed by atoms with Crippen molar-refractivity contribution in [3.05, 3.63) is 53.6 Å². The molecule has 1 atom stereocenters. The van der Waals surface area contributed by atoms with Gasteiger partial charge < -0.3 is 9.64 Å². The van der Waals surface area contributed by atoms with Crippen LogP contribution in [0.15, 0.2) is 36.5 Å². The molecular formula is C16H18FN3O2. The minimum atomic E-state index is -0.262. The average molecular weight is 303 g/mol. The van der Waals surface area contributed by atoms with Gasteiger partial charge in [-0.25, -0.2) is 4.39 Å². The lowest BCUT2D eigenvalue weighted by Gasteiger charge is -2.35. The molecule has 1 aliphatic rings. The van der Waals surface area contributed by atoms with Crippen LogP contribution < -0.4 is 0 Å². The van der Waals surface area contributed by atoms with E-state index in [1.165, 1.54) is 6.07 Å². The molecule has 22 heavy (non-hydrogen) atoms. The summed E-state index contributed by atoms with van der Waals surface area (Å²) in [5.41, 5.74) is 1.43. The molecule has 1 amide bonds. The molecule has 1 aliphatic heterocycles. The second-order valence-electron chi connectivity index (χ2n) is 5.28. The molecule has 3 rings (SSSR count). The molecule has 2 aromatic rings. The molecule has 1 unspecified atom stereocenters. The number of benzene rings is 1. The van der Waals surface area contributed by atoms with E-state index in [4.69, 9.17) is 4.74 Å². The normalized spacial score (nSPS) is 18.4. The molecule has 1 saturated heterocycles. The van der Waals surface area contributed by atoms with Gasteiger partial charge in [-0.15, -0.1) is 0 Å². The standard InChI is InChI=1S/C16H18FN3O2/c17-13-4-2-1-3-12(13)5-6-16(21)20-9-10-22-11-15(20)14-7-8-18-19-14/h1-4,7-8,15H,5-6,9-11H2,(H,18,19). The van der Waals surface area contributed by atoms with Gasteiger partial charge in [0.25, 0.3) is 0 Å². The fourth-order valence-electron chi connectivity index (χ4n) is 2.70. The van der Waals surface area contributed by atoms with Gasteiger partial charge in [-0.3, -0.25) is 9.89 Å². The molecule has 1 N–H and O–H groups in total. The first kappa shape index (κ1) is 14.7. The van der Waals surface area contributed by atoms with Crippen LogP contribution in [0.25, 0.3) is 0 Å². The second-order valence-corrected chi connectivity index (χ2v) is 5.28. The highest BCUT2D eigenvalue weighted by atomic mass is 19.1. The Morgan fingerprint density at radius 3 is 3.05 bits per heavy atom. The number of carbonyl (C=O) groups excluding carboxylic acids is 1. The number of aryl methyl sites for hydroxylation is 1. The molecule has 0 bridgehead atoms. The van der Waals surface area contributed by atoms with Gasteiger partial charge in [0, 0.05) is 19.2 Å². The Morgan fingerprint density at radius 2 is 2.27 bits per heavy atom. The van der Waals surface area contributed by atoms with Crippen LogP contribution in [0.5, 0.6) is 0 Å². The first-order chi connectivity index (χ1) is 10.8. The maximum atomic E-state index is 13.6. The summed E-state index contributed by atoms with van der Waals surface area (Å²) in [6.45, 7) is 1.52. The molecule has 0 aliphatic carbocycles. The largest absolute Gasteiger partial charge is 0.377 e. The van der Waals surface area contributed by atoms with E-state index in [0.29, 0.717) is 31.7 Å². The number of hydrogen-bond donors (Lipinski definition) is 1. The molecule has 116 valence electrons. The molecule has 1 fully saturated rings. The summed E-state index contributed by atoms with van der Waals surface area (Å²) >= 11 is 0. The number of hydrogen-bond acceptors (Lipinski definition) is 3. The number of ether oxygens (including phenoxy) is 1. The third-order valence-electron chi connectivity index (χ3n) is 3.90. The molecular weight excluding hydrogens is 285 g/mol. The minimum Gasteiger partial charge on any atom is -0.377 e. The van der Waals surface area contributed by atoms with Crippen molar-refractivity contribution in [3.63, 3.8) is 0 Å². The zero-order chi connectivity index (χ0) is 15.4. The van der Waals surface area contributed by atoms with Gasteiger partial charge in [0.05, 0.1) is 24.9 Å². The summed E-state index contributed by atoms with van der Waals surface area (Å²) in [4.78, 5) is 14.3. The van der Waals surface area contributed by atoms with Crippen LogP contribution in [0.3, 0.4) is 0 Å². The highest BCUT2D eigenvalue weighted by Crippen LogP contribution is 2.23. The number of H-pyrrole nitrogens is 1. The number of carbonyl (C=O) groups is 1. The van der Waals surface area contributed by atoms with E-state index >= 15 is 0 Å². The predicted octanol–water partition coefficient (Wildman–Crippen LogP) is 2.08. The van der Waals surface area contributed by atoms with Crippen molar-refractivity contribution in [2.75, 3.05) is 19.8 Å². The van der Waals surface area contributed by atoms with Crippen molar-refractivity contribution >= 4 is 5.91 Å². The minimum absolute atomic E-state index is 0.00570. The Hall–Kier alpha value is -2.21. The number of amides is 1. The van der Waals surface area contributed by atoms with E-state index in [9.17, 15) is 9.18 Å². The summed E-state index contributed by atoms with van der Waals surface area (Å²) in [6.07, 6.45) is 2.34. The van der Waals surface area contributed by atoms with E-state index in [-0.39, 0.29) is 24.2 Å². The van der Waals surface area contributed by atoms with Gasteiger partial charge in [-0.2, -0.15) is 5.10 Å². The van der Waals surface area contributed by atoms with Gasteiger partial charge >= 0.3 is 0 Å². The lowest BCUT2D eigenvalue weighted by Crippen LogP contribution is -2.43. The number of aromatic amines is 1. The van der Waals surface area contributed by atoms with Crippen molar-refractivity contribution in [2.24, 2.45) is 0 Å². The number of halogens is 1. The Labute approximate surface area is 128 Å². The van der Waals surface area contributed by atoms with Gasteiger partial charge in [-0.1, -0.05) is 18.2 Å². The number of nitrogens with zero attached hydrogens (tertiary/aromatic N) is 2. The van der Waals surface area contributed by atoms with E-state index in [1.54, 1.807) is 29.3 Å². The summed E-state index contributed by atoms with van der Waals surface area (Å²) in [7, 11) is 0. The summed E-state index contributed by atoms with van der Waals surface area (Å²) in [6, 6.07) is 8.26. The molecule has 0 spiro atoms. The Bertz CT molecular complexity index is 630. The zero-order valence-corrected chi connectivity index (χ0v) is 12.2. The lowest BCUT2D eigenvalue weighted by molar-refractivity contribution is -0.140. The highest BCUT2D eigenvalue weighted by Gasteiger charge is 2.29. The third kappa shape index (κ3) is 3.17. The molecule has 1 aromatic carbocycles. The number of morpholine rings is 1. The van der Waals surface area contributed by atoms with Gasteiger partial charge in [0.2, 0.25) is 5.91 Å². The van der Waals surface area contributed by atoms with Crippen LogP contribution in [-0.2, 0) is 16.0 Å². The van der Waals surface area contributed by atoms with Crippen LogP contribution in [0.4, 0.5) is 4.39 Å². The second kappa shape index (κ2) is 6.70. The molecule has 6 heteroatoms. The van der Waals surface area contributed by atoms with Crippen LogP contribution in [-0.4, -0.2) is 40.8 Å². The summed E-state index contributed by atoms with van der Waals surface area (Å²) in [5, 5.41) is 6.82. The van der Waals surface area contributed by atoms with Crippen molar-refractivity contribution in [1.82, 2.24) is 15.1 Å². The maximum Gasteiger partial charge on any atom is 0.223 e. The van der Waals surface area contributed by atoms with Crippen LogP contribution in [0.1, 0.15) is 23.7 Å². The first-order valence-corrected chi connectivity index (χ1v) is 7.35. The van der Waals surface area contributed by atoms with Crippen LogP contribution >= 0.6 is 0 Å². The van der Waals surface area contributed by atoms with Crippen molar-refractivity contribution in [1.29, 1.82) is 0 Å². The maximum absolute atomic E-state index is 13.6. The Kier molecular flexibility index (Phi) is 4.48. The van der Waals surface area contributed by atoms with Crippen molar-refractivity contribution in [3.8, 4) is 0 Å².